The minimum atomic E-state index is -3.81. The fourth-order valence-corrected chi connectivity index (χ4v) is 0.107. The number of amides is 1. The molecular weight excluding hydrogens is 139 g/mol. The van der Waals surface area contributed by atoms with E-state index < -0.39 is 11.5 Å². The zero-order valence-electron chi connectivity index (χ0n) is 3.54. The number of carbonyl (C=O) groups excluding carboxylic acids is 1. The molecule has 0 aromatic carbocycles. The number of carbonyl (C=O) groups is 1. The summed E-state index contributed by atoms with van der Waals surface area (Å²) in [7, 11) is 1.67. The van der Waals surface area contributed by atoms with Crippen LogP contribution >= 0.6 is 0 Å². The van der Waals surface area contributed by atoms with Crippen LogP contribution in [0.5, 0.6) is 0 Å². The zero-order chi connectivity index (χ0) is 6.78. The van der Waals surface area contributed by atoms with Gasteiger partial charge in [0.25, 0.3) is 5.55 Å². The molecule has 0 aromatic heterocycles. The summed E-state index contributed by atoms with van der Waals surface area (Å²) >= 11 is 0. The first kappa shape index (κ1) is 7.48. The van der Waals surface area contributed by atoms with Crippen molar-refractivity contribution in [1.82, 2.24) is 5.54 Å². The van der Waals surface area contributed by atoms with Crippen molar-refractivity contribution in [3.05, 3.63) is 0 Å². The van der Waals surface area contributed by atoms with Crippen molar-refractivity contribution < 1.29 is 18.1 Å². The summed E-state index contributed by atoms with van der Waals surface area (Å²) in [5.41, 5.74) is -3.54. The minimum absolute atomic E-state index is 0.267. The molecule has 2 nitrogen and oxygen atoms in total. The molecule has 0 aromatic rings. The van der Waals surface area contributed by atoms with Crippen molar-refractivity contribution in [1.29, 1.82) is 0 Å². The number of nitrogens with one attached hydrogen (secondary N) is 1. The number of halogens is 3. The van der Waals surface area contributed by atoms with Gasteiger partial charge < -0.3 is 0 Å². The summed E-state index contributed by atoms with van der Waals surface area (Å²) in [5, 5.41) is 0. The summed E-state index contributed by atoms with van der Waals surface area (Å²) < 4.78 is 33.5. The van der Waals surface area contributed by atoms with Gasteiger partial charge in [-0.2, -0.15) is 5.54 Å². The zero-order valence-corrected chi connectivity index (χ0v) is 4.54. The van der Waals surface area contributed by atoms with Crippen LogP contribution in [0.3, 0.4) is 0 Å². The maximum atomic E-state index is 11.4. The molecule has 0 fully saturated rings. The van der Waals surface area contributed by atoms with Crippen molar-refractivity contribution in [2.24, 2.45) is 0 Å². The van der Waals surface area contributed by atoms with Crippen LogP contribution in [0.4, 0.5) is 13.3 Å². The molecule has 0 saturated heterocycles. The largest absolute Gasteiger partial charge is 0.312 e. The van der Waals surface area contributed by atoms with Gasteiger partial charge in [0.2, 0.25) is 0 Å². The van der Waals surface area contributed by atoms with Gasteiger partial charge in [-0.3, -0.25) is 4.79 Å². The van der Waals surface area contributed by atoms with E-state index in [1.54, 1.807) is 10.2 Å². The summed E-state index contributed by atoms with van der Waals surface area (Å²) in [5.74, 6) is -2.01. The van der Waals surface area contributed by atoms with Gasteiger partial charge in [0.15, 0.2) is 0 Å². The Bertz CT molecular complexity index is 99.9. The van der Waals surface area contributed by atoms with Gasteiger partial charge >= 0.3 is 5.91 Å². The lowest BCUT2D eigenvalue weighted by atomic mass is 10.7. The lowest BCUT2D eigenvalue weighted by Gasteiger charge is -2.03. The second-order valence-corrected chi connectivity index (χ2v) is 1.63. The molecule has 0 saturated carbocycles. The van der Waals surface area contributed by atoms with Crippen LogP contribution in [0.25, 0.3) is 0 Å². The molecule has 0 aliphatic heterocycles. The summed E-state index contributed by atoms with van der Waals surface area (Å²) in [6.07, 6.45) is 0. The minimum Gasteiger partial charge on any atom is -0.266 e. The number of hydrogen-bond acceptors (Lipinski definition) is 1. The molecule has 0 spiro atoms. The van der Waals surface area contributed by atoms with Crippen molar-refractivity contribution in [3.63, 3.8) is 0 Å². The van der Waals surface area contributed by atoms with E-state index in [-0.39, 0.29) is 5.54 Å². The molecule has 0 rings (SSSR count). The third-order valence-corrected chi connectivity index (χ3v) is 0.598. The average Bonchev–Trinajstić information content (AvgIpc) is 1.62. The molecule has 0 unspecified atom stereocenters. The lowest BCUT2D eigenvalue weighted by Crippen LogP contribution is -2.36. The molecule has 6 heteroatoms. The van der Waals surface area contributed by atoms with E-state index in [0.717, 1.165) is 0 Å². The smallest absolute Gasteiger partial charge is 0.266 e. The number of rotatable bonds is 1. The first-order valence-corrected chi connectivity index (χ1v) is 2.02. The van der Waals surface area contributed by atoms with E-state index in [0.29, 0.717) is 0 Å². The Labute approximate surface area is 46.4 Å². The number of hydrogen-bond donors (Lipinski definition) is 1. The third-order valence-electron chi connectivity index (χ3n) is 0.371. The molecule has 3 radical (unpaired) electrons. The highest BCUT2D eigenvalue weighted by atomic mass is 28.1. The Morgan fingerprint density at radius 3 is 2.00 bits per heavy atom. The van der Waals surface area contributed by atoms with Gasteiger partial charge in [-0.1, -0.05) is 0 Å². The molecule has 0 heterocycles. The predicted molar refractivity (Wildman–Crippen MR) is 20.0 cm³/mol. The fraction of sp³-hybridized carbons (Fsp3) is 0.500. The molecule has 1 N–H and O–H groups in total. The van der Waals surface area contributed by atoms with Crippen molar-refractivity contribution >= 4 is 16.1 Å². The molecule has 8 heavy (non-hydrogen) atoms. The Morgan fingerprint density at radius 1 is 1.62 bits per heavy atom. The van der Waals surface area contributed by atoms with Crippen LogP contribution in [0.1, 0.15) is 0 Å². The van der Waals surface area contributed by atoms with E-state index in [2.05, 4.69) is 0 Å². The monoisotopic (exact) mass is 140 g/mol. The van der Waals surface area contributed by atoms with Crippen molar-refractivity contribution in [3.8, 4) is 0 Å². The highest BCUT2D eigenvalue weighted by molar-refractivity contribution is 6.25. The predicted octanol–water partition coefficient (Wildman–Crippen LogP) is -0.252. The van der Waals surface area contributed by atoms with Crippen molar-refractivity contribution in [2.45, 2.75) is 5.55 Å². The van der Waals surface area contributed by atoms with Crippen LogP contribution in [-0.4, -0.2) is 21.7 Å². The van der Waals surface area contributed by atoms with Crippen LogP contribution in [0, 0.1) is 0 Å². The summed E-state index contributed by atoms with van der Waals surface area (Å²) in [6.45, 7) is 0. The highest BCUT2D eigenvalue weighted by Crippen LogP contribution is 2.05. The Morgan fingerprint density at radius 2 is 2.00 bits per heavy atom. The molecular formula is C2HF3NOSi. The molecule has 0 aliphatic rings. The van der Waals surface area contributed by atoms with E-state index in [9.17, 15) is 18.1 Å². The average molecular weight is 140 g/mol. The molecule has 45 valence electrons. The third kappa shape index (κ3) is 1.96. The van der Waals surface area contributed by atoms with Crippen LogP contribution < -0.4 is 5.54 Å². The maximum absolute atomic E-state index is 11.4. The molecule has 0 atom stereocenters. The number of alkyl halides is 2. The molecule has 0 aliphatic carbocycles. The second kappa shape index (κ2) is 2.16. The first-order chi connectivity index (χ1) is 3.48. The molecule has 1 amide bonds. The Hall–Kier alpha value is -0.523. The van der Waals surface area contributed by atoms with Gasteiger partial charge in [0.1, 0.15) is 10.2 Å². The quantitative estimate of drug-likeness (QED) is 0.395. The normalized spacial score (nSPS) is 11.0. The van der Waals surface area contributed by atoms with Gasteiger partial charge in [-0.25, -0.2) is 8.78 Å². The van der Waals surface area contributed by atoms with Gasteiger partial charge in [-0.15, -0.1) is 4.48 Å². The van der Waals surface area contributed by atoms with Gasteiger partial charge in [0, 0.05) is 0 Å². The van der Waals surface area contributed by atoms with Gasteiger partial charge in [-0.05, 0) is 0 Å². The Kier molecular flexibility index (Phi) is 2.02. The Balaban J connectivity index is 3.82. The van der Waals surface area contributed by atoms with Crippen LogP contribution in [-0.2, 0) is 4.79 Å². The van der Waals surface area contributed by atoms with Crippen LogP contribution in [0.15, 0.2) is 0 Å². The first-order valence-electron chi connectivity index (χ1n) is 1.52. The SMILES string of the molecule is O=C(NF)C(F)(F)[Si]. The lowest BCUT2D eigenvalue weighted by molar-refractivity contribution is -0.140. The second-order valence-electron chi connectivity index (χ2n) is 0.998. The van der Waals surface area contributed by atoms with E-state index in [4.69, 9.17) is 0 Å². The summed E-state index contributed by atoms with van der Waals surface area (Å²) in [4.78, 5) is 9.55. The van der Waals surface area contributed by atoms with E-state index in [1.807, 2.05) is 0 Å². The van der Waals surface area contributed by atoms with E-state index in [1.165, 1.54) is 0 Å². The summed E-state index contributed by atoms with van der Waals surface area (Å²) in [6, 6.07) is 0. The van der Waals surface area contributed by atoms with Crippen LogP contribution in [0.2, 0.25) is 0 Å². The fourth-order valence-electron chi connectivity index (χ4n) is 0.0593. The van der Waals surface area contributed by atoms with E-state index >= 15 is 0 Å². The van der Waals surface area contributed by atoms with Crippen molar-refractivity contribution in [2.75, 3.05) is 0 Å². The molecule has 0 bridgehead atoms. The highest BCUT2D eigenvalue weighted by Gasteiger charge is 2.31. The standard InChI is InChI=1S/C2HF3NOSi/c3-2(4,8)1(7)6-5/h(H,6,7). The topological polar surface area (TPSA) is 29.1 Å². The van der Waals surface area contributed by atoms with Gasteiger partial charge in [0.05, 0.1) is 0 Å². The maximum Gasteiger partial charge on any atom is 0.312 e.